The summed E-state index contributed by atoms with van der Waals surface area (Å²) in [7, 11) is -3.59. The number of sulfonamides is 1. The zero-order chi connectivity index (χ0) is 20.7. The molecule has 0 spiro atoms. The Morgan fingerprint density at radius 3 is 2.47 bits per heavy atom. The molecule has 0 unspecified atom stereocenters. The Kier molecular flexibility index (Phi) is 4.85. The maximum Gasteiger partial charge on any atom is 0.285 e. The predicted octanol–water partition coefficient (Wildman–Crippen LogP) is 2.82. The van der Waals surface area contributed by atoms with Crippen molar-refractivity contribution in [3.63, 3.8) is 0 Å². The van der Waals surface area contributed by atoms with Crippen molar-refractivity contribution in [3.05, 3.63) is 65.2 Å². The standard InChI is InChI=1S/C23H25N3O3S/c27-22(26-14-11-18-5-1-2-6-19(18)16-26)15-17-9-12-25(13-10-17)23-20-7-3-4-8-21(20)30(28,29)24-23/h1-8,17H,9-16H2. The summed E-state index contributed by atoms with van der Waals surface area (Å²) >= 11 is 0. The lowest BCUT2D eigenvalue weighted by molar-refractivity contribution is -0.133. The van der Waals surface area contributed by atoms with Crippen LogP contribution >= 0.6 is 0 Å². The Bertz CT molecular complexity index is 1120. The van der Waals surface area contributed by atoms with Gasteiger partial charge >= 0.3 is 0 Å². The van der Waals surface area contributed by atoms with Gasteiger partial charge in [-0.15, -0.1) is 4.40 Å². The van der Waals surface area contributed by atoms with Crippen molar-refractivity contribution >= 4 is 21.8 Å². The number of benzene rings is 2. The van der Waals surface area contributed by atoms with Crippen LogP contribution in [0.25, 0.3) is 0 Å². The molecule has 3 aliphatic heterocycles. The molecular formula is C23H25N3O3S. The van der Waals surface area contributed by atoms with E-state index in [1.54, 1.807) is 12.1 Å². The van der Waals surface area contributed by atoms with E-state index < -0.39 is 10.0 Å². The van der Waals surface area contributed by atoms with Crippen molar-refractivity contribution in [2.75, 3.05) is 19.6 Å². The summed E-state index contributed by atoms with van der Waals surface area (Å²) < 4.78 is 28.7. The summed E-state index contributed by atoms with van der Waals surface area (Å²) in [6.07, 6.45) is 3.24. The van der Waals surface area contributed by atoms with E-state index in [0.717, 1.165) is 38.9 Å². The van der Waals surface area contributed by atoms with Gasteiger partial charge in [-0.1, -0.05) is 36.4 Å². The minimum atomic E-state index is -3.59. The number of nitrogens with zero attached hydrogens (tertiary/aromatic N) is 3. The Hall–Kier alpha value is -2.67. The van der Waals surface area contributed by atoms with Crippen molar-refractivity contribution in [3.8, 4) is 0 Å². The van der Waals surface area contributed by atoms with Crippen LogP contribution in [0.15, 0.2) is 57.8 Å². The van der Waals surface area contributed by atoms with Gasteiger partial charge in [-0.25, -0.2) is 0 Å². The van der Waals surface area contributed by atoms with Gasteiger partial charge in [-0.05, 0) is 48.4 Å². The van der Waals surface area contributed by atoms with Gasteiger partial charge in [0.05, 0.1) is 0 Å². The Morgan fingerprint density at radius 1 is 0.967 bits per heavy atom. The molecule has 0 bridgehead atoms. The zero-order valence-corrected chi connectivity index (χ0v) is 17.6. The number of hydrogen-bond donors (Lipinski definition) is 0. The fraction of sp³-hybridized carbons (Fsp3) is 0.391. The average molecular weight is 424 g/mol. The third kappa shape index (κ3) is 3.51. The van der Waals surface area contributed by atoms with Gasteiger partial charge in [-0.2, -0.15) is 8.42 Å². The number of amides is 1. The van der Waals surface area contributed by atoms with Crippen LogP contribution in [0.1, 0.15) is 36.0 Å². The number of rotatable bonds is 2. The zero-order valence-electron chi connectivity index (χ0n) is 16.8. The molecule has 156 valence electrons. The van der Waals surface area contributed by atoms with E-state index in [9.17, 15) is 13.2 Å². The molecular weight excluding hydrogens is 398 g/mol. The molecule has 3 heterocycles. The lowest BCUT2D eigenvalue weighted by Gasteiger charge is -2.35. The molecule has 0 atom stereocenters. The quantitative estimate of drug-likeness (QED) is 0.745. The van der Waals surface area contributed by atoms with Crippen molar-refractivity contribution in [1.29, 1.82) is 0 Å². The highest BCUT2D eigenvalue weighted by atomic mass is 32.2. The molecule has 0 N–H and O–H groups in total. The van der Waals surface area contributed by atoms with Crippen LogP contribution in [0.3, 0.4) is 0 Å². The summed E-state index contributed by atoms with van der Waals surface area (Å²) in [6.45, 7) is 2.95. The van der Waals surface area contributed by atoms with Crippen LogP contribution in [0.2, 0.25) is 0 Å². The predicted molar refractivity (Wildman–Crippen MR) is 115 cm³/mol. The summed E-state index contributed by atoms with van der Waals surface area (Å²) in [5.74, 6) is 1.12. The van der Waals surface area contributed by atoms with Crippen LogP contribution < -0.4 is 0 Å². The minimum Gasteiger partial charge on any atom is -0.355 e. The largest absolute Gasteiger partial charge is 0.355 e. The van der Waals surface area contributed by atoms with Gasteiger partial charge in [-0.3, -0.25) is 4.79 Å². The maximum atomic E-state index is 12.9. The SMILES string of the molecule is O=C(CC1CCN(C2=NS(=O)(=O)c3ccccc32)CC1)N1CCc2ccccc2C1. The molecule has 1 fully saturated rings. The van der Waals surface area contributed by atoms with E-state index in [4.69, 9.17) is 0 Å². The van der Waals surface area contributed by atoms with Crippen LogP contribution in [-0.4, -0.2) is 49.6 Å². The second kappa shape index (κ2) is 7.54. The smallest absolute Gasteiger partial charge is 0.285 e. The molecule has 0 aliphatic carbocycles. The number of carbonyl (C=O) groups is 1. The van der Waals surface area contributed by atoms with Crippen molar-refractivity contribution < 1.29 is 13.2 Å². The molecule has 2 aromatic rings. The number of amidine groups is 1. The fourth-order valence-corrected chi connectivity index (χ4v) is 5.98. The number of fused-ring (bicyclic) bond motifs is 2. The molecule has 1 saturated heterocycles. The monoisotopic (exact) mass is 423 g/mol. The molecule has 1 amide bonds. The summed E-state index contributed by atoms with van der Waals surface area (Å²) in [6, 6.07) is 15.4. The van der Waals surface area contributed by atoms with E-state index in [-0.39, 0.29) is 5.91 Å². The maximum absolute atomic E-state index is 12.9. The second-order valence-electron chi connectivity index (χ2n) is 8.35. The summed E-state index contributed by atoms with van der Waals surface area (Å²) in [5.41, 5.74) is 3.30. The Morgan fingerprint density at radius 2 is 1.67 bits per heavy atom. The highest BCUT2D eigenvalue weighted by molar-refractivity contribution is 7.90. The van der Waals surface area contributed by atoms with Crippen LogP contribution in [0.5, 0.6) is 0 Å². The molecule has 0 radical (unpaired) electrons. The lowest BCUT2D eigenvalue weighted by atomic mass is 9.91. The Labute approximate surface area is 177 Å². The Balaban J connectivity index is 1.20. The normalized spacial score (nSPS) is 20.5. The van der Waals surface area contributed by atoms with E-state index in [0.29, 0.717) is 35.2 Å². The molecule has 5 rings (SSSR count). The third-order valence-electron chi connectivity index (χ3n) is 6.47. The van der Waals surface area contributed by atoms with Gasteiger partial charge < -0.3 is 9.80 Å². The van der Waals surface area contributed by atoms with Gasteiger partial charge in [0.1, 0.15) is 4.90 Å². The van der Waals surface area contributed by atoms with Gasteiger partial charge in [0, 0.05) is 38.2 Å². The first kappa shape index (κ1) is 19.3. The van der Waals surface area contributed by atoms with Crippen molar-refractivity contribution in [2.45, 2.75) is 37.1 Å². The molecule has 7 heteroatoms. The van der Waals surface area contributed by atoms with Crippen molar-refractivity contribution in [2.24, 2.45) is 10.3 Å². The first-order valence-electron chi connectivity index (χ1n) is 10.5. The summed E-state index contributed by atoms with van der Waals surface area (Å²) in [4.78, 5) is 17.2. The molecule has 3 aliphatic rings. The first-order chi connectivity index (χ1) is 14.5. The number of carbonyl (C=O) groups excluding carboxylic acids is 1. The van der Waals surface area contributed by atoms with E-state index in [2.05, 4.69) is 27.5 Å². The highest BCUT2D eigenvalue weighted by Crippen LogP contribution is 2.31. The molecule has 0 saturated carbocycles. The fourth-order valence-electron chi connectivity index (χ4n) is 4.75. The number of hydrogen-bond acceptors (Lipinski definition) is 4. The average Bonchev–Trinajstić information content (AvgIpc) is 3.05. The molecule has 6 nitrogen and oxygen atoms in total. The van der Waals surface area contributed by atoms with Gasteiger partial charge in [0.25, 0.3) is 10.0 Å². The van der Waals surface area contributed by atoms with E-state index in [1.165, 1.54) is 11.1 Å². The van der Waals surface area contributed by atoms with Crippen LogP contribution in [-0.2, 0) is 27.8 Å². The summed E-state index contributed by atoms with van der Waals surface area (Å²) in [5, 5.41) is 0. The van der Waals surface area contributed by atoms with E-state index >= 15 is 0 Å². The van der Waals surface area contributed by atoms with Gasteiger partial charge in [0.2, 0.25) is 5.91 Å². The molecule has 2 aromatic carbocycles. The molecule has 30 heavy (non-hydrogen) atoms. The van der Waals surface area contributed by atoms with E-state index in [1.807, 2.05) is 23.1 Å². The van der Waals surface area contributed by atoms with Crippen molar-refractivity contribution in [1.82, 2.24) is 9.80 Å². The third-order valence-corrected chi connectivity index (χ3v) is 7.80. The van der Waals surface area contributed by atoms with Crippen LogP contribution in [0, 0.1) is 5.92 Å². The van der Waals surface area contributed by atoms with Gasteiger partial charge in [0.15, 0.2) is 5.84 Å². The lowest BCUT2D eigenvalue weighted by Crippen LogP contribution is -2.41. The molecule has 0 aromatic heterocycles. The minimum absolute atomic E-state index is 0.231. The number of likely N-dealkylation sites (tertiary alicyclic amines) is 1. The van der Waals surface area contributed by atoms with Crippen LogP contribution in [0.4, 0.5) is 0 Å². The number of piperidine rings is 1. The second-order valence-corrected chi connectivity index (χ2v) is 9.93. The topological polar surface area (TPSA) is 70.0 Å². The first-order valence-corrected chi connectivity index (χ1v) is 12.0. The highest BCUT2D eigenvalue weighted by Gasteiger charge is 2.34.